The van der Waals surface area contributed by atoms with Gasteiger partial charge in [-0.1, -0.05) is 5.16 Å². The number of nitrogens with zero attached hydrogens (tertiary/aromatic N) is 3. The van der Waals surface area contributed by atoms with Crippen molar-refractivity contribution < 1.29 is 17.7 Å². The van der Waals surface area contributed by atoms with E-state index in [1.165, 1.54) is 0 Å². The molecule has 1 aliphatic heterocycles. The molecule has 3 heterocycles. The molecule has 4 rings (SSSR count). The molecular formula is C18H21N5O4S. The third kappa shape index (κ3) is 3.40. The molecule has 1 aliphatic rings. The fourth-order valence-electron chi connectivity index (χ4n) is 3.59. The summed E-state index contributed by atoms with van der Waals surface area (Å²) in [7, 11) is -3.71. The van der Waals surface area contributed by atoms with Crippen molar-refractivity contribution in [2.24, 2.45) is 0 Å². The first-order valence-corrected chi connectivity index (χ1v) is 10.5. The van der Waals surface area contributed by atoms with Crippen LogP contribution in [0.25, 0.3) is 11.0 Å². The van der Waals surface area contributed by atoms with Crippen molar-refractivity contribution >= 4 is 27.0 Å². The molecule has 0 saturated carbocycles. The van der Waals surface area contributed by atoms with Crippen LogP contribution in [-0.2, 0) is 10.0 Å². The van der Waals surface area contributed by atoms with Gasteiger partial charge in [0.15, 0.2) is 5.76 Å². The summed E-state index contributed by atoms with van der Waals surface area (Å²) in [6, 6.07) is 5.12. The molecule has 2 N–H and O–H groups in total. The Morgan fingerprint density at radius 3 is 2.71 bits per heavy atom. The van der Waals surface area contributed by atoms with Crippen LogP contribution in [0.2, 0.25) is 0 Å². The Labute approximate surface area is 162 Å². The van der Waals surface area contributed by atoms with Crippen LogP contribution in [0.5, 0.6) is 0 Å². The van der Waals surface area contributed by atoms with E-state index in [0.717, 1.165) is 11.0 Å². The lowest BCUT2D eigenvalue weighted by Crippen LogP contribution is -2.46. The molecule has 28 heavy (non-hydrogen) atoms. The van der Waals surface area contributed by atoms with Gasteiger partial charge in [0.1, 0.15) is 10.6 Å². The molecule has 0 unspecified atom stereocenters. The summed E-state index contributed by atoms with van der Waals surface area (Å²) in [6.07, 6.45) is 2.68. The second kappa shape index (κ2) is 7.02. The van der Waals surface area contributed by atoms with E-state index in [-0.39, 0.29) is 22.6 Å². The van der Waals surface area contributed by atoms with E-state index in [0.29, 0.717) is 37.2 Å². The third-order valence-corrected chi connectivity index (χ3v) is 6.77. The van der Waals surface area contributed by atoms with Crippen LogP contribution in [-0.4, -0.2) is 53.5 Å². The highest BCUT2D eigenvalue weighted by Crippen LogP contribution is 2.22. The largest absolute Gasteiger partial charge is 0.360 e. The zero-order chi connectivity index (χ0) is 19.9. The normalized spacial score (nSPS) is 16.0. The highest BCUT2D eigenvalue weighted by atomic mass is 32.2. The maximum Gasteiger partial charge on any atom is 0.253 e. The lowest BCUT2D eigenvalue weighted by atomic mass is 10.0. The number of carbonyl (C=O) groups is 1. The molecule has 1 saturated heterocycles. The number of hydrogen-bond donors (Lipinski definition) is 2. The molecule has 0 aliphatic carbocycles. The van der Waals surface area contributed by atoms with E-state index in [1.807, 2.05) is 6.07 Å². The molecule has 148 valence electrons. The number of H-pyrrole nitrogens is 1. The van der Waals surface area contributed by atoms with Crippen molar-refractivity contribution in [3.8, 4) is 0 Å². The van der Waals surface area contributed by atoms with Gasteiger partial charge in [-0.2, -0.15) is 0 Å². The Kier molecular flexibility index (Phi) is 4.68. The van der Waals surface area contributed by atoms with Gasteiger partial charge in [0, 0.05) is 24.7 Å². The Hall–Kier alpha value is -2.72. The van der Waals surface area contributed by atoms with Crippen molar-refractivity contribution in [2.75, 3.05) is 13.1 Å². The predicted molar refractivity (Wildman–Crippen MR) is 101 cm³/mol. The molecule has 1 amide bonds. The van der Waals surface area contributed by atoms with Crippen molar-refractivity contribution in [3.63, 3.8) is 0 Å². The molecule has 1 fully saturated rings. The quantitative estimate of drug-likeness (QED) is 0.684. The third-order valence-electron chi connectivity index (χ3n) is 5.01. The van der Waals surface area contributed by atoms with Gasteiger partial charge >= 0.3 is 0 Å². The van der Waals surface area contributed by atoms with Crippen LogP contribution in [0.3, 0.4) is 0 Å². The summed E-state index contributed by atoms with van der Waals surface area (Å²) in [5.41, 5.74) is 2.55. The number of sulfonamides is 1. The number of amides is 1. The number of aromatic nitrogens is 3. The molecule has 0 spiro atoms. The number of imidazole rings is 1. The van der Waals surface area contributed by atoms with E-state index >= 15 is 0 Å². The van der Waals surface area contributed by atoms with Gasteiger partial charge in [0.2, 0.25) is 10.0 Å². The minimum atomic E-state index is -3.71. The van der Waals surface area contributed by atoms with Crippen molar-refractivity contribution in [3.05, 3.63) is 41.5 Å². The van der Waals surface area contributed by atoms with Crippen LogP contribution in [0.15, 0.2) is 33.9 Å². The zero-order valence-electron chi connectivity index (χ0n) is 15.6. The highest BCUT2D eigenvalue weighted by molar-refractivity contribution is 7.89. The fraction of sp³-hybridized carbons (Fsp3) is 0.389. The van der Waals surface area contributed by atoms with Crippen molar-refractivity contribution in [1.29, 1.82) is 0 Å². The van der Waals surface area contributed by atoms with Crippen LogP contribution in [0.4, 0.5) is 0 Å². The first kappa shape index (κ1) is 18.6. The number of nitrogens with one attached hydrogen (secondary N) is 2. The molecule has 0 bridgehead atoms. The molecule has 0 atom stereocenters. The smallest absolute Gasteiger partial charge is 0.253 e. The standard InChI is InChI=1S/C18H21N5O4S/c1-11-17(12(2)27-21-11)28(25,26)22-14-5-7-23(8-6-14)18(24)13-3-4-15-16(9-13)20-10-19-15/h3-4,9-10,14,22H,5-8H2,1-2H3,(H,19,20). The van der Waals surface area contributed by atoms with Crippen LogP contribution >= 0.6 is 0 Å². The first-order chi connectivity index (χ1) is 13.3. The van der Waals surface area contributed by atoms with E-state index in [2.05, 4.69) is 19.8 Å². The molecular weight excluding hydrogens is 382 g/mol. The summed E-state index contributed by atoms with van der Waals surface area (Å²) < 4.78 is 33.0. The van der Waals surface area contributed by atoms with Gasteiger partial charge in [-0.25, -0.2) is 18.1 Å². The number of rotatable bonds is 4. The molecule has 10 heteroatoms. The van der Waals surface area contributed by atoms with Gasteiger partial charge in [-0.3, -0.25) is 4.79 Å². The average Bonchev–Trinajstić information content (AvgIpc) is 3.27. The lowest BCUT2D eigenvalue weighted by molar-refractivity contribution is 0.0711. The van der Waals surface area contributed by atoms with E-state index in [4.69, 9.17) is 4.52 Å². The summed E-state index contributed by atoms with van der Waals surface area (Å²) in [6.45, 7) is 4.14. The van der Waals surface area contributed by atoms with Crippen molar-refractivity contribution in [1.82, 2.24) is 24.7 Å². The monoisotopic (exact) mass is 403 g/mol. The number of piperidine rings is 1. The Balaban J connectivity index is 1.41. The summed E-state index contributed by atoms with van der Waals surface area (Å²) in [4.78, 5) is 21.8. The fourth-order valence-corrected chi connectivity index (χ4v) is 5.22. The summed E-state index contributed by atoms with van der Waals surface area (Å²) >= 11 is 0. The summed E-state index contributed by atoms with van der Waals surface area (Å²) in [5, 5.41) is 3.71. The van der Waals surface area contributed by atoms with Crippen LogP contribution in [0, 0.1) is 13.8 Å². The highest BCUT2D eigenvalue weighted by Gasteiger charge is 2.30. The minimum Gasteiger partial charge on any atom is -0.360 e. The van der Waals surface area contributed by atoms with Crippen LogP contribution in [0.1, 0.15) is 34.7 Å². The van der Waals surface area contributed by atoms with Gasteiger partial charge in [-0.05, 0) is 44.9 Å². The Morgan fingerprint density at radius 1 is 1.29 bits per heavy atom. The predicted octanol–water partition coefficient (Wildman–Crippen LogP) is 1.75. The number of benzene rings is 1. The van der Waals surface area contributed by atoms with Gasteiger partial charge < -0.3 is 14.4 Å². The second-order valence-corrected chi connectivity index (χ2v) is 8.63. The molecule has 1 aromatic carbocycles. The lowest BCUT2D eigenvalue weighted by Gasteiger charge is -2.32. The number of likely N-dealkylation sites (tertiary alicyclic amines) is 1. The first-order valence-electron chi connectivity index (χ1n) is 9.03. The second-order valence-electron chi connectivity index (χ2n) is 6.98. The maximum atomic E-state index is 12.8. The Morgan fingerprint density at radius 2 is 2.04 bits per heavy atom. The number of aromatic amines is 1. The number of hydrogen-bond acceptors (Lipinski definition) is 6. The molecule has 9 nitrogen and oxygen atoms in total. The molecule has 2 aromatic heterocycles. The maximum absolute atomic E-state index is 12.8. The van der Waals surface area contributed by atoms with E-state index < -0.39 is 10.0 Å². The molecule has 3 aromatic rings. The van der Waals surface area contributed by atoms with E-state index in [1.54, 1.807) is 37.2 Å². The number of aryl methyl sites for hydroxylation is 2. The minimum absolute atomic E-state index is 0.0662. The van der Waals surface area contributed by atoms with Crippen molar-refractivity contribution in [2.45, 2.75) is 37.6 Å². The number of fused-ring (bicyclic) bond motifs is 1. The van der Waals surface area contributed by atoms with E-state index in [9.17, 15) is 13.2 Å². The topological polar surface area (TPSA) is 121 Å². The summed E-state index contributed by atoms with van der Waals surface area (Å²) in [5.74, 6) is 0.204. The molecule has 0 radical (unpaired) electrons. The van der Waals surface area contributed by atoms with Gasteiger partial charge in [-0.15, -0.1) is 0 Å². The van der Waals surface area contributed by atoms with Gasteiger partial charge in [0.05, 0.1) is 17.4 Å². The van der Waals surface area contributed by atoms with Crippen LogP contribution < -0.4 is 4.72 Å². The number of carbonyl (C=O) groups excluding carboxylic acids is 1. The SMILES string of the molecule is Cc1noc(C)c1S(=O)(=O)NC1CCN(C(=O)c2ccc3nc[nH]c3c2)CC1. The zero-order valence-corrected chi connectivity index (χ0v) is 16.4. The van der Waals surface area contributed by atoms with Gasteiger partial charge in [0.25, 0.3) is 5.91 Å². The Bertz CT molecular complexity index is 1110. The average molecular weight is 403 g/mol.